The Morgan fingerprint density at radius 2 is 1.95 bits per heavy atom. The Kier molecular flexibility index (Phi) is 5.38. The van der Waals surface area contributed by atoms with Gasteiger partial charge in [-0.3, -0.25) is 9.59 Å². The van der Waals surface area contributed by atoms with Crippen LogP contribution < -0.4 is 0 Å². The van der Waals surface area contributed by atoms with Crippen molar-refractivity contribution in [3.63, 3.8) is 0 Å². The summed E-state index contributed by atoms with van der Waals surface area (Å²) in [5.41, 5.74) is -1.08. The lowest BCUT2D eigenvalue weighted by atomic mass is 9.81. The summed E-state index contributed by atoms with van der Waals surface area (Å²) in [5.74, 6) is 5.49. The number of methoxy groups -OCH3 is 1. The molecule has 1 N–H and O–H groups in total. The molecule has 0 spiro atoms. The van der Waals surface area contributed by atoms with Crippen LogP contribution in [-0.4, -0.2) is 24.2 Å². The Morgan fingerprint density at radius 1 is 1.30 bits per heavy atom. The van der Waals surface area contributed by atoms with E-state index >= 15 is 0 Å². The van der Waals surface area contributed by atoms with E-state index in [1.165, 1.54) is 0 Å². The minimum Gasteiger partial charge on any atom is -0.480 e. The smallest absolute Gasteiger partial charge is 0.325 e. The summed E-state index contributed by atoms with van der Waals surface area (Å²) >= 11 is 0. The van der Waals surface area contributed by atoms with Gasteiger partial charge in [-0.2, -0.15) is 0 Å². The largest absolute Gasteiger partial charge is 0.480 e. The molecule has 102 valence electrons. The monoisotopic (exact) mass is 270 g/mol. The Bertz CT molecular complexity index is 586. The summed E-state index contributed by atoms with van der Waals surface area (Å²) in [6.45, 7) is 0. The van der Waals surface area contributed by atoms with Crippen molar-refractivity contribution in [2.75, 3.05) is 7.11 Å². The normalized spacial score (nSPS) is 12.2. The van der Waals surface area contributed by atoms with Crippen LogP contribution in [0.3, 0.4) is 0 Å². The Labute approximate surface area is 117 Å². The summed E-state index contributed by atoms with van der Waals surface area (Å²) in [7, 11) is 1.13. The van der Waals surface area contributed by atoms with Gasteiger partial charge in [-0.15, -0.1) is 12.3 Å². The van der Waals surface area contributed by atoms with Crippen LogP contribution in [0.5, 0.6) is 0 Å². The number of carboxylic acid groups (broad SMARTS) is 1. The number of carbonyl (C=O) groups is 2. The SMILES string of the molecule is C#CCC(CC#Cc1ccccc1)(C(=O)O)C(=O)OC. The maximum Gasteiger partial charge on any atom is 0.325 e. The number of esters is 1. The van der Waals surface area contributed by atoms with Gasteiger partial charge in [0.25, 0.3) is 0 Å². The lowest BCUT2D eigenvalue weighted by Crippen LogP contribution is -2.39. The lowest BCUT2D eigenvalue weighted by Gasteiger charge is -2.21. The third-order valence-corrected chi connectivity index (χ3v) is 2.79. The molecule has 4 nitrogen and oxygen atoms in total. The van der Waals surface area contributed by atoms with Crippen molar-refractivity contribution in [3.8, 4) is 24.2 Å². The zero-order valence-corrected chi connectivity index (χ0v) is 11.1. The van der Waals surface area contributed by atoms with E-state index in [0.717, 1.165) is 12.7 Å². The second-order valence-electron chi connectivity index (χ2n) is 4.10. The molecule has 0 heterocycles. The van der Waals surface area contributed by atoms with Crippen molar-refractivity contribution in [2.45, 2.75) is 12.8 Å². The number of terminal acetylenes is 1. The number of benzene rings is 1. The predicted molar refractivity (Wildman–Crippen MR) is 73.5 cm³/mol. The van der Waals surface area contributed by atoms with Gasteiger partial charge in [0, 0.05) is 18.4 Å². The molecule has 0 fully saturated rings. The highest BCUT2D eigenvalue weighted by atomic mass is 16.5. The van der Waals surface area contributed by atoms with Gasteiger partial charge in [-0.25, -0.2) is 0 Å². The highest BCUT2D eigenvalue weighted by Crippen LogP contribution is 2.28. The molecule has 1 aromatic rings. The van der Waals surface area contributed by atoms with Crippen LogP contribution >= 0.6 is 0 Å². The summed E-state index contributed by atoms with van der Waals surface area (Å²) < 4.78 is 4.55. The third kappa shape index (κ3) is 3.40. The van der Waals surface area contributed by atoms with E-state index in [1.807, 2.05) is 18.2 Å². The van der Waals surface area contributed by atoms with E-state index in [2.05, 4.69) is 22.5 Å². The molecule has 0 saturated heterocycles. The molecule has 0 aliphatic heterocycles. The van der Waals surface area contributed by atoms with Crippen molar-refractivity contribution >= 4 is 11.9 Å². The van der Waals surface area contributed by atoms with Crippen molar-refractivity contribution in [3.05, 3.63) is 35.9 Å². The van der Waals surface area contributed by atoms with Crippen molar-refractivity contribution in [2.24, 2.45) is 5.41 Å². The summed E-state index contributed by atoms with van der Waals surface area (Å²) in [6.07, 6.45) is 4.69. The molecule has 0 aliphatic rings. The van der Waals surface area contributed by atoms with Gasteiger partial charge < -0.3 is 9.84 Å². The molecule has 1 aromatic carbocycles. The average molecular weight is 270 g/mol. The molecular weight excluding hydrogens is 256 g/mol. The maximum absolute atomic E-state index is 11.7. The molecule has 1 atom stereocenters. The summed E-state index contributed by atoms with van der Waals surface area (Å²) in [5, 5.41) is 9.29. The summed E-state index contributed by atoms with van der Waals surface area (Å²) in [6, 6.07) is 9.05. The molecule has 1 unspecified atom stereocenters. The zero-order valence-electron chi connectivity index (χ0n) is 11.1. The van der Waals surface area contributed by atoms with Crippen molar-refractivity contribution in [1.82, 2.24) is 0 Å². The molecular formula is C16H14O4. The van der Waals surface area contributed by atoms with Crippen LogP contribution in [0.15, 0.2) is 30.3 Å². The molecule has 4 heteroatoms. The van der Waals surface area contributed by atoms with E-state index in [1.54, 1.807) is 12.1 Å². The first-order valence-corrected chi connectivity index (χ1v) is 5.86. The number of ether oxygens (including phenoxy) is 1. The first kappa shape index (κ1) is 15.3. The highest BCUT2D eigenvalue weighted by Gasteiger charge is 2.46. The maximum atomic E-state index is 11.7. The van der Waals surface area contributed by atoms with E-state index < -0.39 is 17.4 Å². The second-order valence-corrected chi connectivity index (χ2v) is 4.10. The van der Waals surface area contributed by atoms with Gasteiger partial charge in [0.15, 0.2) is 5.41 Å². The number of carbonyl (C=O) groups excluding carboxylic acids is 1. The van der Waals surface area contributed by atoms with E-state index in [4.69, 9.17) is 6.42 Å². The number of carboxylic acids is 1. The molecule has 0 aromatic heterocycles. The quantitative estimate of drug-likeness (QED) is 0.514. The number of rotatable bonds is 4. The Hall–Kier alpha value is -2.72. The average Bonchev–Trinajstić information content (AvgIpc) is 2.46. The minimum absolute atomic E-state index is 0.200. The van der Waals surface area contributed by atoms with Crippen molar-refractivity contribution < 1.29 is 19.4 Å². The molecule has 1 rings (SSSR count). The fourth-order valence-corrected chi connectivity index (χ4v) is 1.63. The standard InChI is InChI=1S/C16H14O4/c1-3-11-16(14(17)18,15(19)20-2)12-7-10-13-8-5-4-6-9-13/h1,4-6,8-9H,11-12H2,2H3,(H,17,18). The molecule has 0 aliphatic carbocycles. The van der Waals surface area contributed by atoms with Gasteiger partial charge in [-0.1, -0.05) is 30.0 Å². The first-order chi connectivity index (χ1) is 9.56. The molecule has 0 radical (unpaired) electrons. The van der Waals surface area contributed by atoms with Gasteiger partial charge in [-0.05, 0) is 12.1 Å². The van der Waals surface area contributed by atoms with E-state index in [0.29, 0.717) is 0 Å². The number of aliphatic carboxylic acids is 1. The minimum atomic E-state index is -1.81. The van der Waals surface area contributed by atoms with Crippen LogP contribution in [0.1, 0.15) is 18.4 Å². The van der Waals surface area contributed by atoms with Crippen LogP contribution in [0.2, 0.25) is 0 Å². The fraction of sp³-hybridized carbons (Fsp3) is 0.250. The van der Waals surface area contributed by atoms with Gasteiger partial charge in [0.05, 0.1) is 7.11 Å². The van der Waals surface area contributed by atoms with E-state index in [-0.39, 0.29) is 12.8 Å². The molecule has 20 heavy (non-hydrogen) atoms. The van der Waals surface area contributed by atoms with Gasteiger partial charge >= 0.3 is 11.9 Å². The number of hydrogen-bond donors (Lipinski definition) is 1. The second kappa shape index (κ2) is 7.01. The molecule has 0 amide bonds. The topological polar surface area (TPSA) is 63.6 Å². The van der Waals surface area contributed by atoms with Crippen LogP contribution in [0, 0.1) is 29.6 Å². The van der Waals surface area contributed by atoms with Crippen LogP contribution in [-0.2, 0) is 14.3 Å². The zero-order chi connectivity index (χ0) is 15.0. The molecule has 0 saturated carbocycles. The fourth-order valence-electron chi connectivity index (χ4n) is 1.63. The molecule has 0 bridgehead atoms. The third-order valence-electron chi connectivity index (χ3n) is 2.79. The van der Waals surface area contributed by atoms with Crippen LogP contribution in [0.4, 0.5) is 0 Å². The Balaban J connectivity index is 3.03. The van der Waals surface area contributed by atoms with Gasteiger partial charge in [0.1, 0.15) is 0 Å². The predicted octanol–water partition coefficient (Wildman–Crippen LogP) is 1.70. The van der Waals surface area contributed by atoms with Crippen LogP contribution in [0.25, 0.3) is 0 Å². The summed E-state index contributed by atoms with van der Waals surface area (Å²) in [4.78, 5) is 23.1. The number of hydrogen-bond acceptors (Lipinski definition) is 3. The van der Waals surface area contributed by atoms with Crippen molar-refractivity contribution in [1.29, 1.82) is 0 Å². The lowest BCUT2D eigenvalue weighted by molar-refractivity contribution is -0.166. The van der Waals surface area contributed by atoms with E-state index in [9.17, 15) is 14.7 Å². The first-order valence-electron chi connectivity index (χ1n) is 5.86. The van der Waals surface area contributed by atoms with Gasteiger partial charge in [0.2, 0.25) is 0 Å². The Morgan fingerprint density at radius 3 is 2.45 bits per heavy atom. The highest BCUT2D eigenvalue weighted by molar-refractivity contribution is 5.99.